The molecule has 0 aliphatic carbocycles. The number of sulfonamides is 1. The summed E-state index contributed by atoms with van der Waals surface area (Å²) in [5.41, 5.74) is 0.961. The Hall–Kier alpha value is -1.41. The van der Waals surface area contributed by atoms with Gasteiger partial charge in [0.1, 0.15) is 0 Å². The molecule has 9 heteroatoms. The third-order valence-electron chi connectivity index (χ3n) is 4.11. The van der Waals surface area contributed by atoms with Crippen LogP contribution in [-0.4, -0.2) is 32.3 Å². The lowest BCUT2D eigenvalue weighted by Gasteiger charge is -2.19. The van der Waals surface area contributed by atoms with Crippen molar-refractivity contribution in [3.8, 4) is 0 Å². The van der Waals surface area contributed by atoms with Gasteiger partial charge in [-0.2, -0.15) is 0 Å². The number of anilines is 1. The van der Waals surface area contributed by atoms with Gasteiger partial charge in [-0.3, -0.25) is 9.62 Å². The molecule has 1 saturated heterocycles. The van der Waals surface area contributed by atoms with Crippen LogP contribution >= 0.6 is 23.2 Å². The molecular formula is C17H16Cl2F2N2O2S. The minimum Gasteiger partial charge on any atom is -0.293 e. The SMILES string of the molecule is O=S(=O)(Nc1ccccc1CN1CCC(F)(F)C1)c1ccc(Cl)c(Cl)c1. The van der Waals surface area contributed by atoms with E-state index in [1.165, 1.54) is 18.2 Å². The van der Waals surface area contributed by atoms with E-state index in [0.29, 0.717) is 11.3 Å². The molecule has 0 atom stereocenters. The fraction of sp³-hybridized carbons (Fsp3) is 0.294. The topological polar surface area (TPSA) is 49.4 Å². The van der Waals surface area contributed by atoms with E-state index in [1.54, 1.807) is 29.2 Å². The summed E-state index contributed by atoms with van der Waals surface area (Å²) < 4.78 is 54.5. The molecule has 0 amide bonds. The van der Waals surface area contributed by atoms with Crippen molar-refractivity contribution in [3.63, 3.8) is 0 Å². The van der Waals surface area contributed by atoms with Gasteiger partial charge in [0.05, 0.1) is 27.2 Å². The van der Waals surface area contributed by atoms with Crippen LogP contribution in [-0.2, 0) is 16.6 Å². The first kappa shape index (κ1) is 19.4. The summed E-state index contributed by atoms with van der Waals surface area (Å²) in [4.78, 5) is 1.57. The molecule has 1 fully saturated rings. The van der Waals surface area contributed by atoms with Gasteiger partial charge >= 0.3 is 0 Å². The van der Waals surface area contributed by atoms with E-state index in [1.807, 2.05) is 0 Å². The van der Waals surface area contributed by atoms with Crippen LogP contribution in [0.15, 0.2) is 47.4 Å². The maximum Gasteiger partial charge on any atom is 0.261 e. The predicted molar refractivity (Wildman–Crippen MR) is 98.6 cm³/mol. The molecule has 1 heterocycles. The van der Waals surface area contributed by atoms with Crippen molar-refractivity contribution in [3.05, 3.63) is 58.1 Å². The summed E-state index contributed by atoms with van der Waals surface area (Å²) >= 11 is 11.7. The molecule has 140 valence electrons. The number of benzene rings is 2. The Kier molecular flexibility index (Phi) is 5.44. The van der Waals surface area contributed by atoms with E-state index in [0.717, 1.165) is 0 Å². The smallest absolute Gasteiger partial charge is 0.261 e. The molecule has 4 nitrogen and oxygen atoms in total. The van der Waals surface area contributed by atoms with Crippen molar-refractivity contribution in [1.29, 1.82) is 0 Å². The highest BCUT2D eigenvalue weighted by Gasteiger charge is 2.38. The van der Waals surface area contributed by atoms with Crippen LogP contribution in [0, 0.1) is 0 Å². The zero-order valence-electron chi connectivity index (χ0n) is 13.6. The Labute approximate surface area is 160 Å². The lowest BCUT2D eigenvalue weighted by Crippen LogP contribution is -2.25. The second-order valence-corrected chi connectivity index (χ2v) is 8.65. The highest BCUT2D eigenvalue weighted by Crippen LogP contribution is 2.30. The minimum absolute atomic E-state index is 0.0330. The molecule has 0 aromatic heterocycles. The molecule has 0 radical (unpaired) electrons. The van der Waals surface area contributed by atoms with Gasteiger partial charge in [0.15, 0.2) is 0 Å². The Bertz CT molecular complexity index is 923. The number of alkyl halides is 2. The van der Waals surface area contributed by atoms with Crippen molar-refractivity contribution in [1.82, 2.24) is 4.90 Å². The van der Waals surface area contributed by atoms with Gasteiger partial charge in [-0.15, -0.1) is 0 Å². The van der Waals surface area contributed by atoms with E-state index < -0.39 is 15.9 Å². The van der Waals surface area contributed by atoms with E-state index in [2.05, 4.69) is 4.72 Å². The molecule has 1 N–H and O–H groups in total. The molecule has 0 bridgehead atoms. The number of halogens is 4. The van der Waals surface area contributed by atoms with Crippen molar-refractivity contribution in [2.24, 2.45) is 0 Å². The van der Waals surface area contributed by atoms with E-state index in [-0.39, 0.29) is 41.0 Å². The molecule has 1 aliphatic rings. The zero-order chi connectivity index (χ0) is 18.9. The summed E-state index contributed by atoms with van der Waals surface area (Å²) in [5, 5.41) is 0.378. The summed E-state index contributed by atoms with van der Waals surface area (Å²) in [6, 6.07) is 10.7. The van der Waals surface area contributed by atoms with E-state index >= 15 is 0 Å². The number of para-hydroxylation sites is 1. The van der Waals surface area contributed by atoms with Crippen LogP contribution in [0.25, 0.3) is 0 Å². The largest absolute Gasteiger partial charge is 0.293 e. The number of likely N-dealkylation sites (tertiary alicyclic amines) is 1. The molecule has 2 aromatic carbocycles. The van der Waals surface area contributed by atoms with Crippen LogP contribution in [0.4, 0.5) is 14.5 Å². The highest BCUT2D eigenvalue weighted by molar-refractivity contribution is 7.92. The molecule has 0 unspecified atom stereocenters. The third kappa shape index (κ3) is 4.46. The van der Waals surface area contributed by atoms with E-state index in [9.17, 15) is 17.2 Å². The fourth-order valence-electron chi connectivity index (χ4n) is 2.79. The number of hydrogen-bond donors (Lipinski definition) is 1. The van der Waals surface area contributed by atoms with Crippen LogP contribution < -0.4 is 4.72 Å². The number of rotatable bonds is 5. The molecule has 1 aliphatic heterocycles. The summed E-state index contributed by atoms with van der Waals surface area (Å²) in [7, 11) is -3.89. The van der Waals surface area contributed by atoms with Gasteiger partial charge in [0.25, 0.3) is 15.9 Å². The van der Waals surface area contributed by atoms with Crippen LogP contribution in [0.5, 0.6) is 0 Å². The summed E-state index contributed by atoms with van der Waals surface area (Å²) in [6.07, 6.45) is -0.190. The third-order valence-corrected chi connectivity index (χ3v) is 6.21. The Balaban J connectivity index is 1.82. The number of hydrogen-bond acceptors (Lipinski definition) is 3. The molecule has 0 spiro atoms. The first-order valence-electron chi connectivity index (χ1n) is 7.82. The summed E-state index contributed by atoms with van der Waals surface area (Å²) in [6.45, 7) is 0.164. The standard InChI is InChI=1S/C17H16Cl2F2N2O2S/c18-14-6-5-13(9-15(14)19)26(24,25)22-16-4-2-1-3-12(16)10-23-8-7-17(20,21)11-23/h1-6,9,22H,7-8,10-11H2. The van der Waals surface area contributed by atoms with Crippen LogP contribution in [0.2, 0.25) is 10.0 Å². The Morgan fingerprint density at radius 1 is 1.12 bits per heavy atom. The lowest BCUT2D eigenvalue weighted by atomic mass is 10.2. The van der Waals surface area contributed by atoms with Crippen molar-refractivity contribution >= 4 is 38.9 Å². The maximum absolute atomic E-state index is 13.4. The monoisotopic (exact) mass is 420 g/mol. The first-order valence-corrected chi connectivity index (χ1v) is 10.1. The maximum atomic E-state index is 13.4. The quantitative estimate of drug-likeness (QED) is 0.766. The molecule has 26 heavy (non-hydrogen) atoms. The van der Waals surface area contributed by atoms with Gasteiger partial charge in [0.2, 0.25) is 0 Å². The minimum atomic E-state index is -3.89. The normalized spacial score (nSPS) is 17.4. The summed E-state index contributed by atoms with van der Waals surface area (Å²) in [5.74, 6) is -2.70. The molecule has 2 aromatic rings. The van der Waals surface area contributed by atoms with Gasteiger partial charge in [-0.05, 0) is 29.8 Å². The van der Waals surface area contributed by atoms with Gasteiger partial charge in [-0.1, -0.05) is 41.4 Å². The highest BCUT2D eigenvalue weighted by atomic mass is 35.5. The lowest BCUT2D eigenvalue weighted by molar-refractivity contribution is 0.0115. The zero-order valence-corrected chi connectivity index (χ0v) is 15.9. The van der Waals surface area contributed by atoms with Gasteiger partial charge in [-0.25, -0.2) is 17.2 Å². The van der Waals surface area contributed by atoms with Gasteiger partial charge < -0.3 is 0 Å². The first-order chi connectivity index (χ1) is 12.2. The second-order valence-electron chi connectivity index (χ2n) is 6.16. The molecule has 0 saturated carbocycles. The van der Waals surface area contributed by atoms with Crippen LogP contribution in [0.1, 0.15) is 12.0 Å². The van der Waals surface area contributed by atoms with Crippen molar-refractivity contribution < 1.29 is 17.2 Å². The number of nitrogens with one attached hydrogen (secondary N) is 1. The average Bonchev–Trinajstić information content (AvgIpc) is 2.90. The Morgan fingerprint density at radius 3 is 2.50 bits per heavy atom. The van der Waals surface area contributed by atoms with E-state index in [4.69, 9.17) is 23.2 Å². The van der Waals surface area contributed by atoms with Crippen LogP contribution in [0.3, 0.4) is 0 Å². The van der Waals surface area contributed by atoms with Crippen molar-refractivity contribution in [2.45, 2.75) is 23.8 Å². The average molecular weight is 421 g/mol. The number of nitrogens with zero attached hydrogens (tertiary/aromatic N) is 1. The van der Waals surface area contributed by atoms with Gasteiger partial charge in [0, 0.05) is 19.5 Å². The fourth-order valence-corrected chi connectivity index (χ4v) is 4.28. The predicted octanol–water partition coefficient (Wildman–Crippen LogP) is 4.64. The molecular weight excluding hydrogens is 405 g/mol. The Morgan fingerprint density at radius 2 is 1.85 bits per heavy atom. The molecule has 3 rings (SSSR count). The second kappa shape index (κ2) is 7.31. The van der Waals surface area contributed by atoms with Crippen molar-refractivity contribution in [2.75, 3.05) is 17.8 Å².